The summed E-state index contributed by atoms with van der Waals surface area (Å²) in [6.07, 6.45) is 1.85. The van der Waals surface area contributed by atoms with Gasteiger partial charge in [-0.05, 0) is 36.3 Å². The molecule has 186 valence electrons. The summed E-state index contributed by atoms with van der Waals surface area (Å²) in [7, 11) is 1.94. The largest absolute Gasteiger partial charge is 0.417 e. The topological polar surface area (TPSA) is 140 Å². The molecule has 11 nitrogen and oxygen atoms in total. The Bertz CT molecular complexity index is 1200. The standard InChI is InChI=1S/C21H24F3N9O2/c1-32(14-8-3-2-4-9-14)12-16-17(27-31-33(16)19-18(25)29-35-30-19)20(34)28-26-11-13-7-5-6-10-15(13)21(22,23)24/h5-7,10-11,14H,2-4,8-9,12H2,1H3,(H2,25,29)(H,28,34)/b26-11-. The van der Waals surface area contributed by atoms with Gasteiger partial charge in [-0.1, -0.05) is 42.7 Å². The van der Waals surface area contributed by atoms with Crippen molar-refractivity contribution in [2.75, 3.05) is 12.8 Å². The number of nitrogen functional groups attached to an aromatic ring is 1. The first-order valence-corrected chi connectivity index (χ1v) is 11.0. The van der Waals surface area contributed by atoms with Gasteiger partial charge in [-0.3, -0.25) is 9.69 Å². The summed E-state index contributed by atoms with van der Waals surface area (Å²) in [4.78, 5) is 15.0. The van der Waals surface area contributed by atoms with Gasteiger partial charge in [0.25, 0.3) is 5.91 Å². The molecule has 35 heavy (non-hydrogen) atoms. The molecule has 1 aromatic carbocycles. The van der Waals surface area contributed by atoms with Crippen molar-refractivity contribution in [1.29, 1.82) is 0 Å². The molecule has 4 rings (SSSR count). The second-order valence-corrected chi connectivity index (χ2v) is 8.26. The van der Waals surface area contributed by atoms with Crippen LogP contribution in [0.25, 0.3) is 5.82 Å². The third kappa shape index (κ3) is 5.48. The summed E-state index contributed by atoms with van der Waals surface area (Å²) in [6, 6.07) is 5.22. The first kappa shape index (κ1) is 24.3. The van der Waals surface area contributed by atoms with Crippen molar-refractivity contribution < 1.29 is 22.6 Å². The molecule has 2 heterocycles. The van der Waals surface area contributed by atoms with E-state index in [2.05, 4.69) is 40.7 Å². The van der Waals surface area contributed by atoms with Gasteiger partial charge in [0.15, 0.2) is 5.69 Å². The molecule has 1 aliphatic rings. The number of carbonyl (C=O) groups excluding carboxylic acids is 1. The zero-order valence-electron chi connectivity index (χ0n) is 18.9. The van der Waals surface area contributed by atoms with E-state index < -0.39 is 17.6 Å². The Labute approximate surface area is 198 Å². The summed E-state index contributed by atoms with van der Waals surface area (Å²) in [5.41, 5.74) is 7.27. The summed E-state index contributed by atoms with van der Waals surface area (Å²) in [5, 5.41) is 18.9. The Morgan fingerprint density at radius 2 is 2.03 bits per heavy atom. The fourth-order valence-corrected chi connectivity index (χ4v) is 4.10. The first-order chi connectivity index (χ1) is 16.8. The lowest BCUT2D eigenvalue weighted by molar-refractivity contribution is -0.137. The number of hydrogen-bond acceptors (Lipinski definition) is 9. The smallest absolute Gasteiger partial charge is 0.378 e. The van der Waals surface area contributed by atoms with Gasteiger partial charge in [-0.25, -0.2) is 10.1 Å². The minimum Gasteiger partial charge on any atom is -0.378 e. The maximum absolute atomic E-state index is 13.2. The lowest BCUT2D eigenvalue weighted by Gasteiger charge is -2.31. The molecule has 1 saturated carbocycles. The number of carbonyl (C=O) groups is 1. The molecule has 0 bridgehead atoms. The molecule has 1 aliphatic carbocycles. The molecular formula is C21H24F3N9O2. The van der Waals surface area contributed by atoms with Crippen molar-refractivity contribution in [3.05, 3.63) is 46.8 Å². The van der Waals surface area contributed by atoms with Crippen molar-refractivity contribution in [1.82, 2.24) is 35.6 Å². The van der Waals surface area contributed by atoms with E-state index >= 15 is 0 Å². The highest BCUT2D eigenvalue weighted by Gasteiger charge is 2.32. The quantitative estimate of drug-likeness (QED) is 0.380. The van der Waals surface area contributed by atoms with Crippen LogP contribution in [0.15, 0.2) is 34.0 Å². The Morgan fingerprint density at radius 3 is 2.71 bits per heavy atom. The van der Waals surface area contributed by atoms with Crippen molar-refractivity contribution in [3.63, 3.8) is 0 Å². The van der Waals surface area contributed by atoms with Crippen molar-refractivity contribution in [2.45, 2.75) is 50.9 Å². The Balaban J connectivity index is 1.58. The zero-order chi connectivity index (χ0) is 25.0. The van der Waals surface area contributed by atoms with Crippen molar-refractivity contribution >= 4 is 17.9 Å². The second kappa shape index (κ2) is 10.2. The average Bonchev–Trinajstić information content (AvgIpc) is 3.44. The van der Waals surface area contributed by atoms with E-state index in [0.717, 1.165) is 38.0 Å². The average molecular weight is 491 g/mol. The molecule has 3 N–H and O–H groups in total. The summed E-state index contributed by atoms with van der Waals surface area (Å²) < 4.78 is 45.5. The molecule has 0 radical (unpaired) electrons. The number of halogens is 3. The van der Waals surface area contributed by atoms with Gasteiger partial charge in [0.2, 0.25) is 11.6 Å². The predicted molar refractivity (Wildman–Crippen MR) is 118 cm³/mol. The van der Waals surface area contributed by atoms with Crippen molar-refractivity contribution in [2.24, 2.45) is 5.10 Å². The number of anilines is 1. The Kier molecular flexibility index (Phi) is 7.10. The lowest BCUT2D eigenvalue weighted by atomic mass is 9.94. The lowest BCUT2D eigenvalue weighted by Crippen LogP contribution is -2.34. The van der Waals surface area contributed by atoms with Crippen LogP contribution in [0.1, 0.15) is 59.4 Å². The van der Waals surface area contributed by atoms with Gasteiger partial charge in [0, 0.05) is 18.2 Å². The molecule has 0 aliphatic heterocycles. The van der Waals surface area contributed by atoms with Crippen LogP contribution in [0, 0.1) is 0 Å². The summed E-state index contributed by atoms with van der Waals surface area (Å²) >= 11 is 0. The van der Waals surface area contributed by atoms with Crippen LogP contribution in [-0.4, -0.2) is 55.4 Å². The molecule has 3 aromatic rings. The molecule has 1 fully saturated rings. The minimum atomic E-state index is -4.56. The number of rotatable bonds is 7. The van der Waals surface area contributed by atoms with E-state index in [0.29, 0.717) is 11.7 Å². The van der Waals surface area contributed by atoms with Gasteiger partial charge >= 0.3 is 6.18 Å². The first-order valence-electron chi connectivity index (χ1n) is 11.0. The number of nitrogens with zero attached hydrogens (tertiary/aromatic N) is 7. The number of aromatic nitrogens is 5. The maximum atomic E-state index is 13.2. The third-order valence-electron chi connectivity index (χ3n) is 5.91. The molecule has 14 heteroatoms. The van der Waals surface area contributed by atoms with E-state index in [-0.39, 0.29) is 29.4 Å². The minimum absolute atomic E-state index is 0.0368. The van der Waals surface area contributed by atoms with Crippen LogP contribution in [0.2, 0.25) is 0 Å². The zero-order valence-corrected chi connectivity index (χ0v) is 18.9. The van der Waals surface area contributed by atoms with Crippen LogP contribution in [0.5, 0.6) is 0 Å². The fourth-order valence-electron chi connectivity index (χ4n) is 4.10. The molecule has 1 amide bonds. The second-order valence-electron chi connectivity index (χ2n) is 8.26. The Hall–Kier alpha value is -3.81. The monoisotopic (exact) mass is 491 g/mol. The highest BCUT2D eigenvalue weighted by molar-refractivity contribution is 5.94. The fraction of sp³-hybridized carbons (Fsp3) is 0.429. The van der Waals surface area contributed by atoms with Gasteiger partial charge in [0.05, 0.1) is 17.5 Å². The number of nitrogens with two attached hydrogens (primary N) is 1. The van der Waals surface area contributed by atoms with E-state index in [9.17, 15) is 18.0 Å². The van der Waals surface area contributed by atoms with E-state index in [4.69, 9.17) is 5.73 Å². The molecule has 2 aromatic heterocycles. The molecule has 0 atom stereocenters. The molecular weight excluding hydrogens is 467 g/mol. The van der Waals surface area contributed by atoms with Crippen LogP contribution < -0.4 is 11.2 Å². The summed E-state index contributed by atoms with van der Waals surface area (Å²) in [5.74, 6) is -0.713. The normalized spacial score (nSPS) is 15.2. The molecule has 0 saturated heterocycles. The van der Waals surface area contributed by atoms with Gasteiger partial charge in [-0.15, -0.1) is 5.10 Å². The van der Waals surface area contributed by atoms with Gasteiger partial charge in [-0.2, -0.15) is 23.0 Å². The third-order valence-corrected chi connectivity index (χ3v) is 5.91. The highest BCUT2D eigenvalue weighted by Crippen LogP contribution is 2.31. The number of hydrogen-bond donors (Lipinski definition) is 2. The Morgan fingerprint density at radius 1 is 1.29 bits per heavy atom. The van der Waals surface area contributed by atoms with Gasteiger partial charge in [0.1, 0.15) is 0 Å². The highest BCUT2D eigenvalue weighted by atomic mass is 19.4. The number of amides is 1. The van der Waals surface area contributed by atoms with Gasteiger partial charge < -0.3 is 5.73 Å². The SMILES string of the molecule is CN(Cc1c(C(=O)N/N=C\c2ccccc2C(F)(F)F)nnn1-c1nonc1N)C1CCCCC1. The molecule has 0 unspecified atom stereocenters. The number of alkyl halides is 3. The van der Waals surface area contributed by atoms with Crippen LogP contribution in [-0.2, 0) is 12.7 Å². The number of nitrogens with one attached hydrogen (secondary N) is 1. The maximum Gasteiger partial charge on any atom is 0.417 e. The molecule has 0 spiro atoms. The van der Waals surface area contributed by atoms with Crippen LogP contribution in [0.3, 0.4) is 0 Å². The van der Waals surface area contributed by atoms with Crippen LogP contribution >= 0.6 is 0 Å². The van der Waals surface area contributed by atoms with E-state index in [1.807, 2.05) is 7.05 Å². The van der Waals surface area contributed by atoms with Crippen LogP contribution in [0.4, 0.5) is 19.0 Å². The van der Waals surface area contributed by atoms with E-state index in [1.165, 1.54) is 29.3 Å². The number of benzene rings is 1. The predicted octanol–water partition coefficient (Wildman–Crippen LogP) is 2.78. The van der Waals surface area contributed by atoms with E-state index in [1.54, 1.807) is 0 Å². The number of hydrazone groups is 1. The van der Waals surface area contributed by atoms with Crippen molar-refractivity contribution in [3.8, 4) is 5.82 Å². The summed E-state index contributed by atoms with van der Waals surface area (Å²) in [6.45, 7) is 0.285.